The summed E-state index contributed by atoms with van der Waals surface area (Å²) >= 11 is 1.20. The molecule has 0 saturated heterocycles. The number of nitrogens with zero attached hydrogens (tertiary/aromatic N) is 3. The zero-order valence-corrected chi connectivity index (χ0v) is 9.44. The molecule has 0 N–H and O–H groups in total. The van der Waals surface area contributed by atoms with Crippen LogP contribution in [0.2, 0.25) is 0 Å². The number of benzene rings is 1. The highest BCUT2D eigenvalue weighted by Crippen LogP contribution is 2.31. The van der Waals surface area contributed by atoms with Crippen molar-refractivity contribution in [3.8, 4) is 6.07 Å². The number of fused-ring (bicyclic) bond motifs is 1. The number of non-ortho nitro benzene ring substituents is 1. The molecule has 17 heavy (non-hydrogen) atoms. The van der Waals surface area contributed by atoms with Crippen LogP contribution in [0.15, 0.2) is 27.5 Å². The summed E-state index contributed by atoms with van der Waals surface area (Å²) in [5.74, 6) is 0.421. The van der Waals surface area contributed by atoms with Gasteiger partial charge in [0.1, 0.15) is 6.07 Å². The van der Waals surface area contributed by atoms with E-state index in [2.05, 4.69) is 4.40 Å². The number of rotatable bonds is 2. The Hall–Kier alpha value is -2.07. The fraction of sp³-hybridized carbons (Fsp3) is 0.200. The van der Waals surface area contributed by atoms with Gasteiger partial charge in [0.25, 0.3) is 5.69 Å². The fourth-order valence-electron chi connectivity index (χ4n) is 1.39. The molecule has 7 heteroatoms. The zero-order chi connectivity index (χ0) is 12.3. The number of nitro benzene ring substituents is 1. The van der Waals surface area contributed by atoms with Crippen molar-refractivity contribution >= 4 is 23.5 Å². The fourth-order valence-corrected chi connectivity index (χ4v) is 2.09. The van der Waals surface area contributed by atoms with Crippen molar-refractivity contribution in [2.24, 2.45) is 4.40 Å². The average molecular weight is 249 g/mol. The lowest BCUT2D eigenvalue weighted by Crippen LogP contribution is -2.12. The van der Waals surface area contributed by atoms with Crippen LogP contribution < -0.4 is 0 Å². The quantitative estimate of drug-likeness (QED) is 0.455. The van der Waals surface area contributed by atoms with Crippen LogP contribution in [-0.4, -0.2) is 17.4 Å². The van der Waals surface area contributed by atoms with Crippen molar-refractivity contribution in [1.82, 2.24) is 0 Å². The molecule has 0 aromatic heterocycles. The molecule has 1 aromatic rings. The molecule has 1 heterocycles. The Kier molecular flexibility index (Phi) is 3.25. The van der Waals surface area contributed by atoms with Gasteiger partial charge in [-0.05, 0) is 11.6 Å². The lowest BCUT2D eigenvalue weighted by Gasteiger charge is -2.13. The molecule has 0 spiro atoms. The first-order valence-electron chi connectivity index (χ1n) is 4.71. The maximum Gasteiger partial charge on any atom is 0.269 e. The first-order valence-corrected chi connectivity index (χ1v) is 5.49. The number of hydrogen-bond donors (Lipinski definition) is 0. The average Bonchev–Trinajstić information content (AvgIpc) is 2.35. The molecule has 0 bridgehead atoms. The first-order chi connectivity index (χ1) is 8.20. The lowest BCUT2D eigenvalue weighted by atomic mass is 10.1. The van der Waals surface area contributed by atoms with Crippen molar-refractivity contribution in [1.29, 1.82) is 5.26 Å². The molecule has 2 rings (SSSR count). The highest BCUT2D eigenvalue weighted by atomic mass is 32.2. The Morgan fingerprint density at radius 2 is 2.47 bits per heavy atom. The molecule has 86 valence electrons. The summed E-state index contributed by atoms with van der Waals surface area (Å²) in [7, 11) is 0. The van der Waals surface area contributed by atoms with Gasteiger partial charge in [0.2, 0.25) is 5.90 Å². The summed E-state index contributed by atoms with van der Waals surface area (Å²) in [6.07, 6.45) is 0.381. The number of hydrogen-bond acceptors (Lipinski definition) is 6. The molecule has 1 aromatic carbocycles. The van der Waals surface area contributed by atoms with Crippen LogP contribution in [0.25, 0.3) is 0 Å². The van der Waals surface area contributed by atoms with E-state index in [0.29, 0.717) is 12.3 Å². The highest BCUT2D eigenvalue weighted by Gasteiger charge is 2.17. The molecule has 0 amide bonds. The topological polar surface area (TPSA) is 88.5 Å². The Morgan fingerprint density at radius 3 is 3.18 bits per heavy atom. The smallest absolute Gasteiger partial charge is 0.269 e. The molecule has 0 radical (unpaired) electrons. The van der Waals surface area contributed by atoms with E-state index < -0.39 is 4.92 Å². The van der Waals surface area contributed by atoms with Gasteiger partial charge in [-0.1, -0.05) is 0 Å². The predicted molar refractivity (Wildman–Crippen MR) is 61.7 cm³/mol. The largest absolute Gasteiger partial charge is 0.465 e. The predicted octanol–water partition coefficient (Wildman–Crippen LogP) is 2.10. The summed E-state index contributed by atoms with van der Waals surface area (Å²) in [5, 5.41) is 19.0. The summed E-state index contributed by atoms with van der Waals surface area (Å²) in [4.78, 5) is 11.1. The van der Waals surface area contributed by atoms with Crippen molar-refractivity contribution in [3.63, 3.8) is 0 Å². The van der Waals surface area contributed by atoms with Gasteiger partial charge in [0.15, 0.2) is 6.61 Å². The maximum atomic E-state index is 10.6. The third-order valence-corrected chi connectivity index (χ3v) is 3.04. The van der Waals surface area contributed by atoms with Gasteiger partial charge in [-0.2, -0.15) is 9.66 Å². The third kappa shape index (κ3) is 2.54. The number of nitriles is 1. The van der Waals surface area contributed by atoms with Crippen LogP contribution >= 0.6 is 11.9 Å². The van der Waals surface area contributed by atoms with E-state index in [-0.39, 0.29) is 12.3 Å². The Balaban J connectivity index is 2.20. The second kappa shape index (κ2) is 4.84. The van der Waals surface area contributed by atoms with Gasteiger partial charge in [-0.3, -0.25) is 10.1 Å². The summed E-state index contributed by atoms with van der Waals surface area (Å²) in [5.41, 5.74) is 0.845. The molecular formula is C10H7N3O3S. The molecule has 0 saturated carbocycles. The van der Waals surface area contributed by atoms with Gasteiger partial charge in [0, 0.05) is 29.0 Å². The first kappa shape index (κ1) is 11.4. The van der Waals surface area contributed by atoms with Crippen LogP contribution in [0.3, 0.4) is 0 Å². The SMILES string of the molecule is N#CCOC1=NSc2ccc([N+](=O)[O-])cc2C1. The van der Waals surface area contributed by atoms with Gasteiger partial charge in [0.05, 0.1) is 11.3 Å². The minimum Gasteiger partial charge on any atom is -0.465 e. The maximum absolute atomic E-state index is 10.6. The van der Waals surface area contributed by atoms with Crippen LogP contribution in [0, 0.1) is 21.4 Å². The third-order valence-electron chi connectivity index (χ3n) is 2.15. The molecule has 0 aliphatic carbocycles. The minimum atomic E-state index is -0.438. The van der Waals surface area contributed by atoms with Crippen molar-refractivity contribution in [2.45, 2.75) is 11.3 Å². The lowest BCUT2D eigenvalue weighted by molar-refractivity contribution is -0.385. The molecular weight excluding hydrogens is 242 g/mol. The monoisotopic (exact) mass is 249 g/mol. The second-order valence-corrected chi connectivity index (χ2v) is 4.05. The molecule has 0 atom stereocenters. The Labute approximate surface area is 101 Å². The summed E-state index contributed by atoms with van der Waals surface area (Å²) in [6, 6.07) is 6.47. The van der Waals surface area contributed by atoms with E-state index in [0.717, 1.165) is 10.5 Å². The summed E-state index contributed by atoms with van der Waals surface area (Å²) < 4.78 is 9.16. The van der Waals surface area contributed by atoms with Crippen LogP contribution in [0.1, 0.15) is 5.56 Å². The van der Waals surface area contributed by atoms with Crippen LogP contribution in [-0.2, 0) is 11.2 Å². The van der Waals surface area contributed by atoms with Gasteiger partial charge in [-0.25, -0.2) is 0 Å². The second-order valence-electron chi connectivity index (χ2n) is 3.25. The standard InChI is InChI=1S/C10H7N3O3S/c11-3-4-16-10-6-7-5-8(13(14)15)1-2-9(7)17-12-10/h1-2,5H,4,6H2. The van der Waals surface area contributed by atoms with E-state index >= 15 is 0 Å². The van der Waals surface area contributed by atoms with Crippen LogP contribution in [0.5, 0.6) is 0 Å². The Morgan fingerprint density at radius 1 is 1.65 bits per heavy atom. The van der Waals surface area contributed by atoms with Crippen molar-refractivity contribution < 1.29 is 9.66 Å². The number of ether oxygens (including phenoxy) is 1. The van der Waals surface area contributed by atoms with E-state index in [1.807, 2.05) is 6.07 Å². The summed E-state index contributed by atoms with van der Waals surface area (Å²) in [6.45, 7) is -0.0658. The Bertz CT molecular complexity index is 536. The van der Waals surface area contributed by atoms with E-state index in [4.69, 9.17) is 10.00 Å². The van der Waals surface area contributed by atoms with E-state index in [1.54, 1.807) is 6.07 Å². The minimum absolute atomic E-state index is 0.0471. The molecule has 1 aliphatic heterocycles. The normalized spacial score (nSPS) is 13.2. The van der Waals surface area contributed by atoms with E-state index in [1.165, 1.54) is 24.1 Å². The zero-order valence-electron chi connectivity index (χ0n) is 8.62. The van der Waals surface area contributed by atoms with Crippen molar-refractivity contribution in [3.05, 3.63) is 33.9 Å². The number of nitro groups is 1. The van der Waals surface area contributed by atoms with Crippen molar-refractivity contribution in [2.75, 3.05) is 6.61 Å². The van der Waals surface area contributed by atoms with Gasteiger partial charge in [-0.15, -0.1) is 0 Å². The highest BCUT2D eigenvalue weighted by molar-refractivity contribution is 7.98. The molecule has 0 unspecified atom stereocenters. The van der Waals surface area contributed by atoms with Crippen LogP contribution in [0.4, 0.5) is 5.69 Å². The van der Waals surface area contributed by atoms with Gasteiger partial charge < -0.3 is 4.74 Å². The molecule has 6 nitrogen and oxygen atoms in total. The van der Waals surface area contributed by atoms with Gasteiger partial charge >= 0.3 is 0 Å². The molecule has 1 aliphatic rings. The molecule has 0 fully saturated rings. The van der Waals surface area contributed by atoms with E-state index in [9.17, 15) is 10.1 Å².